The minimum Gasteiger partial charge on any atom is -0.326 e. The zero-order valence-corrected chi connectivity index (χ0v) is 11.9. The van der Waals surface area contributed by atoms with Gasteiger partial charge in [0.1, 0.15) is 0 Å². The van der Waals surface area contributed by atoms with Crippen LogP contribution < -0.4 is 5.73 Å². The lowest BCUT2D eigenvalue weighted by molar-refractivity contribution is 0.277. The van der Waals surface area contributed by atoms with Gasteiger partial charge in [0.2, 0.25) is 0 Å². The third-order valence-electron chi connectivity index (χ3n) is 2.45. The molecule has 1 unspecified atom stereocenters. The molecule has 0 spiro atoms. The predicted molar refractivity (Wildman–Crippen MR) is 71.2 cm³/mol. The summed E-state index contributed by atoms with van der Waals surface area (Å²) in [5.74, 6) is 0.543. The van der Waals surface area contributed by atoms with Crippen molar-refractivity contribution in [2.75, 3.05) is 13.6 Å². The van der Waals surface area contributed by atoms with E-state index >= 15 is 0 Å². The van der Waals surface area contributed by atoms with Gasteiger partial charge in [-0.25, -0.2) is 0 Å². The fourth-order valence-electron chi connectivity index (χ4n) is 1.38. The molecular formula is C11H19BrN2S. The summed E-state index contributed by atoms with van der Waals surface area (Å²) in [6, 6.07) is 2.43. The van der Waals surface area contributed by atoms with Crippen LogP contribution in [0.15, 0.2) is 15.2 Å². The Labute approximate surface area is 105 Å². The molecule has 86 valence electrons. The minimum atomic E-state index is 0.261. The molecule has 1 rings (SSSR count). The van der Waals surface area contributed by atoms with E-state index in [2.05, 4.69) is 53.2 Å². The van der Waals surface area contributed by atoms with Crippen molar-refractivity contribution in [2.24, 2.45) is 11.7 Å². The number of hydrogen-bond acceptors (Lipinski definition) is 3. The largest absolute Gasteiger partial charge is 0.326 e. The van der Waals surface area contributed by atoms with Crippen molar-refractivity contribution < 1.29 is 0 Å². The summed E-state index contributed by atoms with van der Waals surface area (Å²) in [5.41, 5.74) is 7.38. The highest BCUT2D eigenvalue weighted by Gasteiger charge is 2.11. The highest BCUT2D eigenvalue weighted by molar-refractivity contribution is 9.11. The van der Waals surface area contributed by atoms with E-state index in [0.29, 0.717) is 5.92 Å². The molecule has 15 heavy (non-hydrogen) atoms. The van der Waals surface area contributed by atoms with Crippen LogP contribution in [0.5, 0.6) is 0 Å². The standard InChI is InChI=1S/C11H19BrN2S/c1-8(2)10(13)6-14(3)5-9-4-11(12)15-7-9/h4,7-8,10H,5-6,13H2,1-3H3. The van der Waals surface area contributed by atoms with E-state index in [0.717, 1.165) is 13.1 Å². The molecule has 0 aliphatic carbocycles. The van der Waals surface area contributed by atoms with Crippen LogP contribution in [-0.2, 0) is 6.54 Å². The van der Waals surface area contributed by atoms with Gasteiger partial charge in [-0.15, -0.1) is 11.3 Å². The number of nitrogens with two attached hydrogens (primary N) is 1. The molecule has 0 fully saturated rings. The summed E-state index contributed by atoms with van der Waals surface area (Å²) < 4.78 is 1.19. The van der Waals surface area contributed by atoms with Crippen LogP contribution in [0, 0.1) is 5.92 Å². The molecule has 2 N–H and O–H groups in total. The van der Waals surface area contributed by atoms with E-state index in [1.807, 2.05) is 0 Å². The molecule has 1 heterocycles. The molecule has 0 saturated heterocycles. The smallest absolute Gasteiger partial charge is 0.0701 e. The third-order valence-corrected chi connectivity index (χ3v) is 4.01. The number of thiophene rings is 1. The van der Waals surface area contributed by atoms with E-state index in [9.17, 15) is 0 Å². The highest BCUT2D eigenvalue weighted by atomic mass is 79.9. The van der Waals surface area contributed by atoms with Crippen molar-refractivity contribution in [3.05, 3.63) is 20.8 Å². The zero-order valence-electron chi connectivity index (χ0n) is 9.53. The van der Waals surface area contributed by atoms with Gasteiger partial charge in [0.15, 0.2) is 0 Å². The Bertz CT molecular complexity index is 299. The summed E-state index contributed by atoms with van der Waals surface area (Å²) in [5, 5.41) is 2.18. The molecule has 4 heteroatoms. The van der Waals surface area contributed by atoms with Gasteiger partial charge in [0.05, 0.1) is 3.79 Å². The maximum Gasteiger partial charge on any atom is 0.0701 e. The molecule has 1 aromatic rings. The van der Waals surface area contributed by atoms with Gasteiger partial charge >= 0.3 is 0 Å². The lowest BCUT2D eigenvalue weighted by Crippen LogP contribution is -2.38. The predicted octanol–water partition coefficient (Wildman–Crippen LogP) is 2.93. The zero-order chi connectivity index (χ0) is 11.4. The first-order chi connectivity index (χ1) is 6.99. The SMILES string of the molecule is CC(C)C(N)CN(C)Cc1csc(Br)c1. The van der Waals surface area contributed by atoms with Crippen LogP contribution in [0.1, 0.15) is 19.4 Å². The number of nitrogens with zero attached hydrogens (tertiary/aromatic N) is 1. The molecular weight excluding hydrogens is 272 g/mol. The first-order valence-electron chi connectivity index (χ1n) is 5.16. The number of halogens is 1. The summed E-state index contributed by atoms with van der Waals surface area (Å²) in [4.78, 5) is 2.28. The van der Waals surface area contributed by atoms with Crippen molar-refractivity contribution in [3.63, 3.8) is 0 Å². The van der Waals surface area contributed by atoms with Crippen molar-refractivity contribution in [3.8, 4) is 0 Å². The Hall–Kier alpha value is 0.100. The Kier molecular flexibility index (Phi) is 5.26. The third kappa shape index (κ3) is 4.64. The van der Waals surface area contributed by atoms with Crippen LogP contribution in [0.3, 0.4) is 0 Å². The summed E-state index contributed by atoms with van der Waals surface area (Å²) in [6.45, 7) is 6.26. The molecule has 1 aromatic heterocycles. The monoisotopic (exact) mass is 290 g/mol. The maximum atomic E-state index is 6.03. The number of likely N-dealkylation sites (N-methyl/N-ethyl adjacent to an activating group) is 1. The van der Waals surface area contributed by atoms with Gasteiger partial charge < -0.3 is 10.6 Å². The molecule has 0 bridgehead atoms. The topological polar surface area (TPSA) is 29.3 Å². The molecule has 2 nitrogen and oxygen atoms in total. The van der Waals surface area contributed by atoms with Gasteiger partial charge in [-0.1, -0.05) is 13.8 Å². The Morgan fingerprint density at radius 1 is 1.53 bits per heavy atom. The normalized spacial score (nSPS) is 13.8. The Morgan fingerprint density at radius 3 is 2.67 bits per heavy atom. The van der Waals surface area contributed by atoms with Gasteiger partial charge in [-0.05, 0) is 45.9 Å². The molecule has 0 aliphatic heterocycles. The van der Waals surface area contributed by atoms with E-state index in [4.69, 9.17) is 5.73 Å². The molecule has 1 atom stereocenters. The van der Waals surface area contributed by atoms with Crippen molar-refractivity contribution in [1.82, 2.24) is 4.90 Å². The second-order valence-corrected chi connectivity index (χ2v) is 6.65. The second kappa shape index (κ2) is 5.99. The molecule has 0 amide bonds. The summed E-state index contributed by atoms with van der Waals surface area (Å²) >= 11 is 5.20. The number of hydrogen-bond donors (Lipinski definition) is 1. The summed E-state index contributed by atoms with van der Waals surface area (Å²) in [7, 11) is 2.12. The average molecular weight is 291 g/mol. The van der Waals surface area contributed by atoms with Gasteiger partial charge in [-0.3, -0.25) is 0 Å². The van der Waals surface area contributed by atoms with Crippen molar-refractivity contribution >= 4 is 27.3 Å². The molecule has 0 aromatic carbocycles. The van der Waals surface area contributed by atoms with Crippen LogP contribution >= 0.6 is 27.3 Å². The first-order valence-corrected chi connectivity index (χ1v) is 6.83. The lowest BCUT2D eigenvalue weighted by atomic mass is 10.1. The summed E-state index contributed by atoms with van der Waals surface area (Å²) in [6.07, 6.45) is 0. The first kappa shape index (κ1) is 13.2. The van der Waals surface area contributed by atoms with Crippen LogP contribution in [0.4, 0.5) is 0 Å². The minimum absolute atomic E-state index is 0.261. The molecule has 0 radical (unpaired) electrons. The van der Waals surface area contributed by atoms with E-state index in [1.54, 1.807) is 11.3 Å². The Balaban J connectivity index is 2.39. The van der Waals surface area contributed by atoms with Crippen molar-refractivity contribution in [1.29, 1.82) is 0 Å². The maximum absolute atomic E-state index is 6.03. The van der Waals surface area contributed by atoms with E-state index in [1.165, 1.54) is 9.35 Å². The molecule has 0 aliphatic rings. The highest BCUT2D eigenvalue weighted by Crippen LogP contribution is 2.21. The second-order valence-electron chi connectivity index (χ2n) is 4.36. The Morgan fingerprint density at radius 2 is 2.20 bits per heavy atom. The van der Waals surface area contributed by atoms with Gasteiger partial charge in [0.25, 0.3) is 0 Å². The van der Waals surface area contributed by atoms with Crippen LogP contribution in [-0.4, -0.2) is 24.5 Å². The van der Waals surface area contributed by atoms with Crippen molar-refractivity contribution in [2.45, 2.75) is 26.4 Å². The van der Waals surface area contributed by atoms with Crippen LogP contribution in [0.25, 0.3) is 0 Å². The van der Waals surface area contributed by atoms with Gasteiger partial charge in [0, 0.05) is 19.1 Å². The van der Waals surface area contributed by atoms with Crippen LogP contribution in [0.2, 0.25) is 0 Å². The van der Waals surface area contributed by atoms with Gasteiger partial charge in [-0.2, -0.15) is 0 Å². The van der Waals surface area contributed by atoms with E-state index in [-0.39, 0.29) is 6.04 Å². The quantitative estimate of drug-likeness (QED) is 0.904. The number of rotatable bonds is 5. The average Bonchev–Trinajstić information content (AvgIpc) is 2.50. The van der Waals surface area contributed by atoms with E-state index < -0.39 is 0 Å². The molecule has 0 saturated carbocycles. The fourth-order valence-corrected chi connectivity index (χ4v) is 2.58. The fraction of sp³-hybridized carbons (Fsp3) is 0.636. The lowest BCUT2D eigenvalue weighted by Gasteiger charge is -2.23.